The van der Waals surface area contributed by atoms with Crippen LogP contribution in [0.1, 0.15) is 18.5 Å². The average Bonchev–Trinajstić information content (AvgIpc) is 2.64. The van der Waals surface area contributed by atoms with Gasteiger partial charge in [-0.05, 0) is 38.1 Å². The lowest BCUT2D eigenvalue weighted by atomic mass is 10.1. The number of aromatic nitrogens is 1. The van der Waals surface area contributed by atoms with Crippen molar-refractivity contribution in [1.29, 1.82) is 0 Å². The van der Waals surface area contributed by atoms with Crippen molar-refractivity contribution in [2.75, 3.05) is 19.3 Å². The van der Waals surface area contributed by atoms with Crippen molar-refractivity contribution in [3.63, 3.8) is 0 Å². The largest absolute Gasteiger partial charge is 0.353 e. The molecule has 1 fully saturated rings. The molecule has 1 saturated heterocycles. The lowest BCUT2D eigenvalue weighted by Crippen LogP contribution is -2.38. The van der Waals surface area contributed by atoms with Gasteiger partial charge in [0, 0.05) is 31.7 Å². The molecule has 0 saturated carbocycles. The average molecular weight is 256 g/mol. The summed E-state index contributed by atoms with van der Waals surface area (Å²) in [5, 5.41) is -0.132. The van der Waals surface area contributed by atoms with Crippen LogP contribution in [0.25, 0.3) is 0 Å². The van der Waals surface area contributed by atoms with Crippen LogP contribution in [0.3, 0.4) is 0 Å². The molecule has 0 aliphatic carbocycles. The van der Waals surface area contributed by atoms with Crippen molar-refractivity contribution in [2.24, 2.45) is 7.05 Å². The van der Waals surface area contributed by atoms with E-state index in [1.807, 2.05) is 19.3 Å². The van der Waals surface area contributed by atoms with E-state index in [4.69, 9.17) is 0 Å². The number of hydrogen-bond acceptors (Lipinski definition) is 3. The van der Waals surface area contributed by atoms with Crippen LogP contribution in [0, 0.1) is 0 Å². The second kappa shape index (κ2) is 4.82. The minimum atomic E-state index is -2.85. The number of nitrogens with zero attached hydrogens (tertiary/aromatic N) is 2. The van der Waals surface area contributed by atoms with Crippen molar-refractivity contribution in [1.82, 2.24) is 9.47 Å². The Morgan fingerprint density at radius 3 is 2.47 bits per heavy atom. The van der Waals surface area contributed by atoms with Crippen LogP contribution in [0.5, 0.6) is 0 Å². The minimum Gasteiger partial charge on any atom is -0.353 e. The quantitative estimate of drug-likeness (QED) is 0.811. The van der Waals surface area contributed by atoms with Gasteiger partial charge in [-0.1, -0.05) is 0 Å². The maximum absolute atomic E-state index is 11.4. The molecular formula is C12H20N2O2S. The fraction of sp³-hybridized carbons (Fsp3) is 0.667. The lowest BCUT2D eigenvalue weighted by molar-refractivity contribution is 0.218. The first kappa shape index (κ1) is 12.6. The van der Waals surface area contributed by atoms with E-state index in [2.05, 4.69) is 15.5 Å². The summed E-state index contributed by atoms with van der Waals surface area (Å²) < 4.78 is 25.0. The molecule has 4 nitrogen and oxygen atoms in total. The summed E-state index contributed by atoms with van der Waals surface area (Å²) in [6.45, 7) is 2.67. The highest BCUT2D eigenvalue weighted by Crippen LogP contribution is 2.18. The predicted molar refractivity (Wildman–Crippen MR) is 68.6 cm³/mol. The van der Waals surface area contributed by atoms with Gasteiger partial charge in [0.05, 0.1) is 5.25 Å². The van der Waals surface area contributed by atoms with Crippen LogP contribution >= 0.6 is 0 Å². The zero-order chi connectivity index (χ0) is 12.5. The van der Waals surface area contributed by atoms with Crippen molar-refractivity contribution < 1.29 is 8.42 Å². The predicted octanol–water partition coefficient (Wildman–Crippen LogP) is 1.03. The first-order valence-electron chi connectivity index (χ1n) is 5.98. The Kier molecular flexibility index (Phi) is 3.58. The van der Waals surface area contributed by atoms with Gasteiger partial charge in [-0.15, -0.1) is 0 Å². The third-order valence-corrected chi connectivity index (χ3v) is 5.26. The fourth-order valence-electron chi connectivity index (χ4n) is 2.39. The van der Waals surface area contributed by atoms with Gasteiger partial charge < -0.3 is 4.57 Å². The molecule has 0 unspecified atom stereocenters. The summed E-state index contributed by atoms with van der Waals surface area (Å²) in [7, 11) is -0.811. The van der Waals surface area contributed by atoms with Crippen LogP contribution in [0.4, 0.5) is 0 Å². The number of sulfone groups is 1. The van der Waals surface area contributed by atoms with Crippen LogP contribution in [0.15, 0.2) is 18.3 Å². The molecule has 1 aliphatic heterocycles. The van der Waals surface area contributed by atoms with Gasteiger partial charge in [-0.2, -0.15) is 0 Å². The summed E-state index contributed by atoms with van der Waals surface area (Å²) in [4.78, 5) is 2.33. The maximum Gasteiger partial charge on any atom is 0.150 e. The second-order valence-corrected chi connectivity index (χ2v) is 7.24. The van der Waals surface area contributed by atoms with E-state index in [0.717, 1.165) is 32.5 Å². The summed E-state index contributed by atoms with van der Waals surface area (Å²) in [6, 6.07) is 4.15. The first-order chi connectivity index (χ1) is 7.97. The molecule has 2 rings (SSSR count). The first-order valence-corrected chi connectivity index (χ1v) is 7.93. The Balaban J connectivity index is 1.90. The van der Waals surface area contributed by atoms with Crippen molar-refractivity contribution >= 4 is 9.84 Å². The highest BCUT2D eigenvalue weighted by molar-refractivity contribution is 7.91. The monoisotopic (exact) mass is 256 g/mol. The number of likely N-dealkylation sites (tertiary alicyclic amines) is 1. The molecule has 1 aliphatic rings. The number of piperidine rings is 1. The molecule has 0 aromatic carbocycles. The molecule has 0 bridgehead atoms. The molecule has 2 heterocycles. The molecule has 0 radical (unpaired) electrons. The van der Waals surface area contributed by atoms with Crippen LogP contribution in [-0.4, -0.2) is 42.5 Å². The Hall–Kier alpha value is -0.810. The highest BCUT2D eigenvalue weighted by Gasteiger charge is 2.26. The Labute approximate surface area is 103 Å². The summed E-state index contributed by atoms with van der Waals surface area (Å²) in [5.74, 6) is 0. The van der Waals surface area contributed by atoms with E-state index in [1.54, 1.807) is 0 Å². The molecule has 0 spiro atoms. The van der Waals surface area contributed by atoms with Gasteiger partial charge in [-0.25, -0.2) is 8.42 Å². The van der Waals surface area contributed by atoms with E-state index in [0.29, 0.717) is 0 Å². The summed E-state index contributed by atoms with van der Waals surface area (Å²) in [6.07, 6.45) is 4.93. The number of aryl methyl sites for hydroxylation is 1. The third kappa shape index (κ3) is 3.10. The summed E-state index contributed by atoms with van der Waals surface area (Å²) >= 11 is 0. The van der Waals surface area contributed by atoms with Gasteiger partial charge >= 0.3 is 0 Å². The molecular weight excluding hydrogens is 236 g/mol. The second-order valence-electron chi connectivity index (χ2n) is 4.92. The van der Waals surface area contributed by atoms with E-state index >= 15 is 0 Å². The number of hydrogen-bond donors (Lipinski definition) is 0. The smallest absolute Gasteiger partial charge is 0.150 e. The SMILES string of the molecule is Cn1cccc1CN1CCC(S(C)(=O)=O)CC1. The van der Waals surface area contributed by atoms with E-state index in [9.17, 15) is 8.42 Å². The van der Waals surface area contributed by atoms with Crippen molar-refractivity contribution in [3.05, 3.63) is 24.0 Å². The topological polar surface area (TPSA) is 42.3 Å². The van der Waals surface area contributed by atoms with Crippen LogP contribution in [0.2, 0.25) is 0 Å². The van der Waals surface area contributed by atoms with Gasteiger partial charge in [0.1, 0.15) is 9.84 Å². The standard InChI is InChI=1S/C12H20N2O2S/c1-13-7-3-4-11(13)10-14-8-5-12(6-9-14)17(2,15)16/h3-4,7,12H,5-6,8-10H2,1-2H3. The molecule has 17 heavy (non-hydrogen) atoms. The fourth-order valence-corrected chi connectivity index (χ4v) is 3.45. The van der Waals surface area contributed by atoms with Crippen molar-refractivity contribution in [2.45, 2.75) is 24.6 Å². The zero-order valence-corrected chi connectivity index (χ0v) is 11.3. The Bertz CT molecular complexity index is 470. The van der Waals surface area contributed by atoms with Crippen molar-refractivity contribution in [3.8, 4) is 0 Å². The van der Waals surface area contributed by atoms with E-state index in [1.165, 1.54) is 11.9 Å². The molecule has 0 N–H and O–H groups in total. The lowest BCUT2D eigenvalue weighted by Gasteiger charge is -2.31. The summed E-state index contributed by atoms with van der Waals surface area (Å²) in [5.41, 5.74) is 1.28. The molecule has 1 aromatic heterocycles. The van der Waals surface area contributed by atoms with Gasteiger partial charge in [0.25, 0.3) is 0 Å². The molecule has 0 amide bonds. The van der Waals surface area contributed by atoms with Gasteiger partial charge in [0.2, 0.25) is 0 Å². The molecule has 5 heteroatoms. The minimum absolute atomic E-state index is 0.132. The van der Waals surface area contributed by atoms with Crippen LogP contribution < -0.4 is 0 Å². The van der Waals surface area contributed by atoms with Gasteiger partial charge in [0.15, 0.2) is 0 Å². The third-order valence-electron chi connectivity index (χ3n) is 3.58. The normalized spacial score (nSPS) is 19.6. The van der Waals surface area contributed by atoms with E-state index in [-0.39, 0.29) is 5.25 Å². The zero-order valence-electron chi connectivity index (χ0n) is 10.5. The molecule has 96 valence electrons. The van der Waals surface area contributed by atoms with Gasteiger partial charge in [-0.3, -0.25) is 4.90 Å². The number of rotatable bonds is 3. The van der Waals surface area contributed by atoms with Crippen LogP contribution in [-0.2, 0) is 23.4 Å². The van der Waals surface area contributed by atoms with E-state index < -0.39 is 9.84 Å². The Morgan fingerprint density at radius 1 is 1.35 bits per heavy atom. The molecule has 1 aromatic rings. The Morgan fingerprint density at radius 2 is 2.00 bits per heavy atom. The maximum atomic E-state index is 11.4. The highest BCUT2D eigenvalue weighted by atomic mass is 32.2. The molecule has 0 atom stereocenters.